The van der Waals surface area contributed by atoms with E-state index in [2.05, 4.69) is 0 Å². The molecule has 1 amide bonds. The summed E-state index contributed by atoms with van der Waals surface area (Å²) in [6, 6.07) is 4.48. The van der Waals surface area contributed by atoms with Gasteiger partial charge in [0.25, 0.3) is 0 Å². The van der Waals surface area contributed by atoms with E-state index in [1.165, 1.54) is 24.1 Å². The van der Waals surface area contributed by atoms with Crippen LogP contribution in [0.2, 0.25) is 0 Å². The highest BCUT2D eigenvalue weighted by Crippen LogP contribution is 2.40. The van der Waals surface area contributed by atoms with Crippen molar-refractivity contribution in [1.29, 1.82) is 0 Å². The summed E-state index contributed by atoms with van der Waals surface area (Å²) >= 11 is 0. The molecular formula is C14H16FNO4. The Morgan fingerprint density at radius 3 is 2.65 bits per heavy atom. The van der Waals surface area contributed by atoms with Gasteiger partial charge in [0.05, 0.1) is 18.9 Å². The lowest BCUT2D eigenvalue weighted by atomic mass is 10.2. The first-order chi connectivity index (χ1) is 9.43. The monoisotopic (exact) mass is 281 g/mol. The van der Waals surface area contributed by atoms with Gasteiger partial charge in [0, 0.05) is 13.6 Å². The van der Waals surface area contributed by atoms with E-state index >= 15 is 0 Å². The molecule has 1 aromatic carbocycles. The molecule has 6 heteroatoms. The molecule has 108 valence electrons. The highest BCUT2D eigenvalue weighted by Gasteiger charge is 2.49. The molecule has 2 rings (SSSR count). The summed E-state index contributed by atoms with van der Waals surface area (Å²) in [7, 11) is 2.97. The summed E-state index contributed by atoms with van der Waals surface area (Å²) in [5, 5.41) is 8.80. The first kappa shape index (κ1) is 14.3. The molecule has 2 atom stereocenters. The van der Waals surface area contributed by atoms with Crippen LogP contribution in [0.15, 0.2) is 18.2 Å². The molecule has 0 bridgehead atoms. The number of hydrogen-bond acceptors (Lipinski definition) is 3. The number of halogens is 1. The molecule has 0 aliphatic heterocycles. The van der Waals surface area contributed by atoms with Crippen LogP contribution in [0.25, 0.3) is 0 Å². The minimum Gasteiger partial charge on any atom is -0.494 e. The molecule has 1 aliphatic rings. The Labute approximate surface area is 116 Å². The predicted molar refractivity (Wildman–Crippen MR) is 68.7 cm³/mol. The number of nitrogens with zero attached hydrogens (tertiary/aromatic N) is 1. The van der Waals surface area contributed by atoms with Crippen molar-refractivity contribution in [2.75, 3.05) is 14.2 Å². The third-order valence-electron chi connectivity index (χ3n) is 3.44. The van der Waals surface area contributed by atoms with Crippen molar-refractivity contribution in [2.45, 2.75) is 13.0 Å². The number of benzene rings is 1. The number of ether oxygens (including phenoxy) is 1. The standard InChI is InChI=1S/C14H16FNO4/c1-16(13(17)9-6-10(9)14(18)19)7-8-3-4-12(20-2)11(15)5-8/h3-5,9-10H,6-7H2,1-2H3,(H,18,19)/t9-,10+/m0/s1. The number of carbonyl (C=O) groups excluding carboxylic acids is 1. The molecule has 20 heavy (non-hydrogen) atoms. The molecule has 1 aromatic rings. The maximum Gasteiger partial charge on any atom is 0.307 e. The third kappa shape index (κ3) is 2.89. The summed E-state index contributed by atoms with van der Waals surface area (Å²) in [5.74, 6) is -2.50. The van der Waals surface area contributed by atoms with Crippen LogP contribution < -0.4 is 4.74 Å². The molecule has 0 spiro atoms. The highest BCUT2D eigenvalue weighted by atomic mass is 19.1. The van der Waals surface area contributed by atoms with Crippen LogP contribution in [0.3, 0.4) is 0 Å². The lowest BCUT2D eigenvalue weighted by Gasteiger charge is -2.17. The van der Waals surface area contributed by atoms with Crippen molar-refractivity contribution in [1.82, 2.24) is 4.90 Å². The second-order valence-electron chi connectivity index (χ2n) is 4.95. The van der Waals surface area contributed by atoms with Crippen molar-refractivity contribution in [2.24, 2.45) is 11.8 Å². The number of aliphatic carboxylic acids is 1. The van der Waals surface area contributed by atoms with Crippen molar-refractivity contribution >= 4 is 11.9 Å². The fourth-order valence-electron chi connectivity index (χ4n) is 2.18. The number of carbonyl (C=O) groups is 2. The van der Waals surface area contributed by atoms with Gasteiger partial charge < -0.3 is 14.7 Å². The average molecular weight is 281 g/mol. The zero-order chi connectivity index (χ0) is 14.9. The molecule has 0 saturated heterocycles. The molecular weight excluding hydrogens is 265 g/mol. The van der Waals surface area contributed by atoms with Gasteiger partial charge in [-0.1, -0.05) is 6.07 Å². The van der Waals surface area contributed by atoms with Crippen LogP contribution in [0.4, 0.5) is 4.39 Å². The summed E-state index contributed by atoms with van der Waals surface area (Å²) in [4.78, 5) is 24.1. The largest absolute Gasteiger partial charge is 0.494 e. The first-order valence-corrected chi connectivity index (χ1v) is 6.24. The Kier molecular flexibility index (Phi) is 3.92. The molecule has 0 radical (unpaired) electrons. The van der Waals surface area contributed by atoms with Crippen LogP contribution >= 0.6 is 0 Å². The minimum atomic E-state index is -0.938. The first-order valence-electron chi connectivity index (χ1n) is 6.24. The second-order valence-corrected chi connectivity index (χ2v) is 4.95. The predicted octanol–water partition coefficient (Wildman–Crippen LogP) is 1.51. The number of carboxylic acid groups (broad SMARTS) is 1. The molecule has 1 aliphatic carbocycles. The number of amides is 1. The topological polar surface area (TPSA) is 66.8 Å². The van der Waals surface area contributed by atoms with E-state index in [1.54, 1.807) is 13.1 Å². The van der Waals surface area contributed by atoms with Gasteiger partial charge in [-0.3, -0.25) is 9.59 Å². The van der Waals surface area contributed by atoms with E-state index in [1.807, 2.05) is 0 Å². The Morgan fingerprint density at radius 1 is 1.45 bits per heavy atom. The van der Waals surface area contributed by atoms with Crippen LogP contribution in [0.1, 0.15) is 12.0 Å². The summed E-state index contributed by atoms with van der Waals surface area (Å²) < 4.78 is 18.4. The fourth-order valence-corrected chi connectivity index (χ4v) is 2.18. The van der Waals surface area contributed by atoms with Crippen LogP contribution in [0, 0.1) is 17.7 Å². The highest BCUT2D eigenvalue weighted by molar-refractivity contribution is 5.89. The quantitative estimate of drug-likeness (QED) is 0.888. The van der Waals surface area contributed by atoms with E-state index in [0.717, 1.165) is 0 Å². The number of methoxy groups -OCH3 is 1. The SMILES string of the molecule is COc1ccc(CN(C)C(=O)[C@H]2C[C@H]2C(=O)O)cc1F. The number of hydrogen-bond donors (Lipinski definition) is 1. The average Bonchev–Trinajstić information content (AvgIpc) is 3.18. The molecule has 0 heterocycles. The fraction of sp³-hybridized carbons (Fsp3) is 0.429. The van der Waals surface area contributed by atoms with E-state index in [9.17, 15) is 14.0 Å². The molecule has 0 unspecified atom stereocenters. The zero-order valence-electron chi connectivity index (χ0n) is 11.3. The smallest absolute Gasteiger partial charge is 0.307 e. The van der Waals surface area contributed by atoms with E-state index in [0.29, 0.717) is 12.0 Å². The van der Waals surface area contributed by atoms with E-state index in [4.69, 9.17) is 9.84 Å². The van der Waals surface area contributed by atoms with Gasteiger partial charge in [-0.15, -0.1) is 0 Å². The van der Waals surface area contributed by atoms with Gasteiger partial charge in [0.2, 0.25) is 5.91 Å². The second kappa shape index (κ2) is 5.48. The molecule has 0 aromatic heterocycles. The van der Waals surface area contributed by atoms with E-state index < -0.39 is 23.6 Å². The van der Waals surface area contributed by atoms with Gasteiger partial charge in [-0.2, -0.15) is 0 Å². The maximum atomic E-state index is 13.5. The normalized spacial score (nSPS) is 20.4. The van der Waals surface area contributed by atoms with Gasteiger partial charge in [-0.05, 0) is 24.1 Å². The minimum absolute atomic E-state index is 0.149. The maximum absolute atomic E-state index is 13.5. The van der Waals surface area contributed by atoms with Gasteiger partial charge in [0.15, 0.2) is 11.6 Å². The summed E-state index contributed by atoms with van der Waals surface area (Å²) in [6.07, 6.45) is 0.384. The van der Waals surface area contributed by atoms with Gasteiger partial charge in [0.1, 0.15) is 0 Å². The Bertz CT molecular complexity index is 546. The lowest BCUT2D eigenvalue weighted by Crippen LogP contribution is -2.28. The summed E-state index contributed by atoms with van der Waals surface area (Å²) in [5.41, 5.74) is 0.631. The molecule has 1 N–H and O–H groups in total. The Hall–Kier alpha value is -2.11. The van der Waals surface area contributed by atoms with Gasteiger partial charge >= 0.3 is 5.97 Å². The van der Waals surface area contributed by atoms with Gasteiger partial charge in [-0.25, -0.2) is 4.39 Å². The molecule has 1 saturated carbocycles. The van der Waals surface area contributed by atoms with Crippen LogP contribution in [-0.2, 0) is 16.1 Å². The van der Waals surface area contributed by atoms with Crippen molar-refractivity contribution in [3.63, 3.8) is 0 Å². The van der Waals surface area contributed by atoms with Crippen LogP contribution in [-0.4, -0.2) is 36.0 Å². The van der Waals surface area contributed by atoms with E-state index in [-0.39, 0.29) is 18.2 Å². The number of rotatable bonds is 5. The summed E-state index contributed by atoms with van der Waals surface area (Å²) in [6.45, 7) is 0.239. The lowest BCUT2D eigenvalue weighted by molar-refractivity contribution is -0.141. The third-order valence-corrected chi connectivity index (χ3v) is 3.44. The molecule has 5 nitrogen and oxygen atoms in total. The molecule has 1 fully saturated rings. The zero-order valence-corrected chi connectivity index (χ0v) is 11.3. The van der Waals surface area contributed by atoms with Crippen molar-refractivity contribution in [3.8, 4) is 5.75 Å². The van der Waals surface area contributed by atoms with Crippen LogP contribution in [0.5, 0.6) is 5.75 Å². The number of carboxylic acids is 1. The van der Waals surface area contributed by atoms with Crippen molar-refractivity contribution in [3.05, 3.63) is 29.6 Å². The Balaban J connectivity index is 1.98. The Morgan fingerprint density at radius 2 is 2.15 bits per heavy atom. The van der Waals surface area contributed by atoms with Crippen molar-refractivity contribution < 1.29 is 23.8 Å².